The van der Waals surface area contributed by atoms with Crippen LogP contribution in [0.2, 0.25) is 0 Å². The standard InChI is InChI=1S/C28H29F3N2O2/c1-34-24-13-12-23(35-28(29,30)31)16-22(24)17-32-26-21-14-15-33(18-21)27(26)25(19-8-4-2-5-9-19)20-10-6-3-7-11-20/h2-13,16,21,25-27,32H,14-15,17-18H2,1H3. The molecular formula is C28H29F3N2O2. The van der Waals surface area contributed by atoms with E-state index in [1.54, 1.807) is 0 Å². The summed E-state index contributed by atoms with van der Waals surface area (Å²) in [5.74, 6) is 0.960. The van der Waals surface area contributed by atoms with Crippen molar-refractivity contribution in [2.75, 3.05) is 20.2 Å². The molecule has 3 aromatic carbocycles. The first-order valence-corrected chi connectivity index (χ1v) is 11.9. The fraction of sp³-hybridized carbons (Fsp3) is 0.357. The predicted octanol–water partition coefficient (Wildman–Crippen LogP) is 5.59. The van der Waals surface area contributed by atoms with Crippen LogP contribution in [0.3, 0.4) is 0 Å². The number of methoxy groups -OCH3 is 1. The van der Waals surface area contributed by atoms with E-state index in [0.29, 0.717) is 23.8 Å². The second kappa shape index (κ2) is 9.91. The Morgan fingerprint density at radius 3 is 2.23 bits per heavy atom. The average Bonchev–Trinajstić information content (AvgIpc) is 3.46. The van der Waals surface area contributed by atoms with E-state index in [1.165, 1.54) is 36.4 Å². The molecule has 5 rings (SSSR count). The van der Waals surface area contributed by atoms with Crippen molar-refractivity contribution in [1.82, 2.24) is 10.2 Å². The molecule has 2 aliphatic heterocycles. The van der Waals surface area contributed by atoms with Crippen molar-refractivity contribution in [3.8, 4) is 11.5 Å². The lowest BCUT2D eigenvalue weighted by molar-refractivity contribution is -0.274. The Labute approximate surface area is 203 Å². The van der Waals surface area contributed by atoms with Gasteiger partial charge in [0.25, 0.3) is 0 Å². The highest BCUT2D eigenvalue weighted by Gasteiger charge is 2.49. The Hall–Kier alpha value is -3.03. The average molecular weight is 483 g/mol. The van der Waals surface area contributed by atoms with Gasteiger partial charge in [-0.05, 0) is 48.2 Å². The van der Waals surface area contributed by atoms with Crippen LogP contribution in [0, 0.1) is 5.92 Å². The van der Waals surface area contributed by atoms with E-state index >= 15 is 0 Å². The lowest BCUT2D eigenvalue weighted by Gasteiger charge is -2.39. The third-order valence-electron chi connectivity index (χ3n) is 7.23. The van der Waals surface area contributed by atoms with Crippen molar-refractivity contribution < 1.29 is 22.6 Å². The monoisotopic (exact) mass is 482 g/mol. The van der Waals surface area contributed by atoms with Crippen LogP contribution < -0.4 is 14.8 Å². The van der Waals surface area contributed by atoms with E-state index in [4.69, 9.17) is 4.74 Å². The van der Waals surface area contributed by atoms with E-state index in [0.717, 1.165) is 19.5 Å². The summed E-state index contributed by atoms with van der Waals surface area (Å²) in [7, 11) is 1.52. The number of nitrogens with one attached hydrogen (secondary N) is 1. The van der Waals surface area contributed by atoms with Gasteiger partial charge >= 0.3 is 6.36 Å². The molecule has 0 amide bonds. The SMILES string of the molecule is COc1ccc(OC(F)(F)F)cc1CNC1C2CCN(C2)C1C(c1ccccc1)c1ccccc1. The number of ether oxygens (including phenoxy) is 2. The fourth-order valence-corrected chi connectivity index (χ4v) is 5.82. The van der Waals surface area contributed by atoms with E-state index in [9.17, 15) is 13.2 Å². The first-order valence-electron chi connectivity index (χ1n) is 11.9. The molecule has 0 radical (unpaired) electrons. The summed E-state index contributed by atoms with van der Waals surface area (Å²) < 4.78 is 47.9. The Morgan fingerprint density at radius 1 is 0.971 bits per heavy atom. The third kappa shape index (κ3) is 5.16. The number of fused-ring (bicyclic) bond motifs is 2. The molecule has 4 nitrogen and oxygen atoms in total. The molecule has 2 fully saturated rings. The molecule has 2 bridgehead atoms. The highest BCUT2D eigenvalue weighted by molar-refractivity contribution is 5.41. The quantitative estimate of drug-likeness (QED) is 0.454. The molecular weight excluding hydrogens is 453 g/mol. The number of benzene rings is 3. The molecule has 184 valence electrons. The molecule has 2 aliphatic rings. The Morgan fingerprint density at radius 2 is 1.63 bits per heavy atom. The molecule has 3 aromatic rings. The molecule has 0 spiro atoms. The van der Waals surface area contributed by atoms with Gasteiger partial charge in [0.15, 0.2) is 0 Å². The maximum absolute atomic E-state index is 12.8. The third-order valence-corrected chi connectivity index (χ3v) is 7.23. The van der Waals surface area contributed by atoms with Crippen LogP contribution in [-0.4, -0.2) is 43.5 Å². The van der Waals surface area contributed by atoms with E-state index in [2.05, 4.69) is 63.5 Å². The lowest BCUT2D eigenvalue weighted by Crippen LogP contribution is -2.50. The normalized spacial score (nSPS) is 23.6. The van der Waals surface area contributed by atoms with Crippen LogP contribution in [0.4, 0.5) is 13.2 Å². The molecule has 35 heavy (non-hydrogen) atoms. The smallest absolute Gasteiger partial charge is 0.496 e. The minimum absolute atomic E-state index is 0.182. The van der Waals surface area contributed by atoms with Gasteiger partial charge in [0, 0.05) is 36.7 Å². The van der Waals surface area contributed by atoms with Gasteiger partial charge in [-0.25, -0.2) is 0 Å². The minimum atomic E-state index is -4.74. The van der Waals surface area contributed by atoms with Crippen molar-refractivity contribution in [2.45, 2.75) is 37.3 Å². The molecule has 4 unspecified atom stereocenters. The van der Waals surface area contributed by atoms with Crippen molar-refractivity contribution in [1.29, 1.82) is 0 Å². The number of piperidine rings is 1. The van der Waals surface area contributed by atoms with Crippen molar-refractivity contribution in [2.24, 2.45) is 5.92 Å². The van der Waals surface area contributed by atoms with E-state index < -0.39 is 6.36 Å². The first-order chi connectivity index (χ1) is 16.9. The zero-order chi connectivity index (χ0) is 24.4. The van der Waals surface area contributed by atoms with Crippen LogP contribution in [0.1, 0.15) is 29.0 Å². The molecule has 4 atom stereocenters. The van der Waals surface area contributed by atoms with Crippen molar-refractivity contribution in [3.05, 3.63) is 95.6 Å². The van der Waals surface area contributed by atoms with Gasteiger partial charge in [-0.3, -0.25) is 4.90 Å². The number of hydrogen-bond acceptors (Lipinski definition) is 4. The highest BCUT2D eigenvalue weighted by atomic mass is 19.4. The number of halogens is 3. The van der Waals surface area contributed by atoms with Gasteiger partial charge in [0.2, 0.25) is 0 Å². The van der Waals surface area contributed by atoms with Crippen molar-refractivity contribution in [3.63, 3.8) is 0 Å². The number of alkyl halides is 3. The van der Waals surface area contributed by atoms with Crippen LogP contribution in [-0.2, 0) is 6.54 Å². The van der Waals surface area contributed by atoms with Gasteiger partial charge in [-0.2, -0.15) is 0 Å². The summed E-state index contributed by atoms with van der Waals surface area (Å²) in [5, 5.41) is 3.71. The minimum Gasteiger partial charge on any atom is -0.496 e. The molecule has 2 heterocycles. The van der Waals surface area contributed by atoms with Crippen LogP contribution >= 0.6 is 0 Å². The van der Waals surface area contributed by atoms with Crippen LogP contribution in [0.25, 0.3) is 0 Å². The van der Waals surface area contributed by atoms with Crippen LogP contribution in [0.5, 0.6) is 11.5 Å². The van der Waals surface area contributed by atoms with Gasteiger partial charge in [0.1, 0.15) is 11.5 Å². The second-order valence-corrected chi connectivity index (χ2v) is 9.26. The second-order valence-electron chi connectivity index (χ2n) is 9.26. The number of rotatable bonds is 8. The zero-order valence-electron chi connectivity index (χ0n) is 19.5. The molecule has 0 aliphatic carbocycles. The molecule has 2 saturated heterocycles. The molecule has 7 heteroatoms. The summed E-state index contributed by atoms with van der Waals surface area (Å²) in [6.07, 6.45) is -3.63. The zero-order valence-corrected chi connectivity index (χ0v) is 19.5. The summed E-state index contributed by atoms with van der Waals surface area (Å²) in [4.78, 5) is 2.56. The molecule has 1 N–H and O–H groups in total. The maximum Gasteiger partial charge on any atom is 0.573 e. The topological polar surface area (TPSA) is 33.7 Å². The predicted molar refractivity (Wildman–Crippen MR) is 128 cm³/mol. The van der Waals surface area contributed by atoms with E-state index in [1.807, 2.05) is 12.1 Å². The first kappa shape index (κ1) is 23.7. The highest BCUT2D eigenvalue weighted by Crippen LogP contribution is 2.43. The van der Waals surface area contributed by atoms with Gasteiger partial charge in [-0.1, -0.05) is 60.7 Å². The van der Waals surface area contributed by atoms with Crippen LogP contribution in [0.15, 0.2) is 78.9 Å². The Balaban J connectivity index is 1.43. The molecule has 0 saturated carbocycles. The van der Waals surface area contributed by atoms with Crippen molar-refractivity contribution >= 4 is 0 Å². The summed E-state index contributed by atoms with van der Waals surface area (Å²) >= 11 is 0. The number of hydrogen-bond donors (Lipinski definition) is 1. The van der Waals surface area contributed by atoms with Gasteiger partial charge in [0.05, 0.1) is 7.11 Å². The Kier molecular flexibility index (Phi) is 6.71. The fourth-order valence-electron chi connectivity index (χ4n) is 5.82. The lowest BCUT2D eigenvalue weighted by atomic mass is 9.78. The summed E-state index contributed by atoms with van der Waals surface area (Å²) in [5.41, 5.74) is 3.17. The maximum atomic E-state index is 12.8. The van der Waals surface area contributed by atoms with Gasteiger partial charge in [-0.15, -0.1) is 13.2 Å². The summed E-state index contributed by atoms with van der Waals surface area (Å²) in [6, 6.07) is 25.7. The number of nitrogens with zero attached hydrogens (tertiary/aromatic N) is 1. The van der Waals surface area contributed by atoms with Gasteiger partial charge < -0.3 is 14.8 Å². The molecule has 0 aromatic heterocycles. The largest absolute Gasteiger partial charge is 0.573 e. The summed E-state index contributed by atoms with van der Waals surface area (Å²) in [6.45, 7) is 2.47. The van der Waals surface area contributed by atoms with E-state index in [-0.39, 0.29) is 23.8 Å². The Bertz CT molecular complexity index is 1080.